The average molecular weight is 1070 g/mol. The minimum Gasteiger partial charge on any atom is -0.486 e. The number of benzene rings is 5. The van der Waals surface area contributed by atoms with Gasteiger partial charge in [0.1, 0.15) is 0 Å². The van der Waals surface area contributed by atoms with Crippen LogP contribution < -0.4 is 4.40 Å². The van der Waals surface area contributed by atoms with E-state index >= 15 is 0 Å². The molecule has 0 fully saturated rings. The van der Waals surface area contributed by atoms with Crippen LogP contribution >= 0.6 is 0 Å². The summed E-state index contributed by atoms with van der Waals surface area (Å²) in [5.41, 5.74) is 14.6. The molecular formula is C56H58GeIrN4O-2. The number of aryl methyl sites for hydroxylation is 1. The van der Waals surface area contributed by atoms with E-state index in [4.69, 9.17) is 19.4 Å². The monoisotopic (exact) mass is 1070 g/mol. The molecule has 7 heteroatoms. The zero-order valence-electron chi connectivity index (χ0n) is 38.5. The van der Waals surface area contributed by atoms with E-state index in [1.165, 1.54) is 11.1 Å². The third-order valence-corrected chi connectivity index (χ3v) is 15.9. The van der Waals surface area contributed by atoms with Crippen LogP contribution in [0.1, 0.15) is 76.8 Å². The molecule has 0 spiro atoms. The van der Waals surface area contributed by atoms with E-state index in [2.05, 4.69) is 187 Å². The molecule has 0 saturated carbocycles. The molecule has 9 rings (SSSR count). The van der Waals surface area contributed by atoms with Crippen LogP contribution in [0.2, 0.25) is 17.3 Å². The third-order valence-electron chi connectivity index (χ3n) is 11.6. The first-order chi connectivity index (χ1) is 29.6. The second-order valence-electron chi connectivity index (χ2n) is 19.4. The van der Waals surface area contributed by atoms with Crippen LogP contribution in [-0.4, -0.2) is 32.8 Å². The third kappa shape index (κ3) is 9.55. The van der Waals surface area contributed by atoms with Crippen LogP contribution in [0.3, 0.4) is 0 Å². The van der Waals surface area contributed by atoms with E-state index in [9.17, 15) is 0 Å². The van der Waals surface area contributed by atoms with Gasteiger partial charge in [0.15, 0.2) is 0 Å². The van der Waals surface area contributed by atoms with E-state index < -0.39 is 13.3 Å². The van der Waals surface area contributed by atoms with E-state index in [0.717, 1.165) is 84.5 Å². The van der Waals surface area contributed by atoms with Crippen molar-refractivity contribution in [2.24, 2.45) is 5.92 Å². The number of imidazole rings is 1. The van der Waals surface area contributed by atoms with Gasteiger partial charge in [-0.25, -0.2) is 4.98 Å². The number of fused-ring (bicyclic) bond motifs is 4. The molecule has 4 aromatic heterocycles. The fraction of sp³-hybridized carbons (Fsp3) is 0.268. The quantitative estimate of drug-likeness (QED) is 0.112. The normalized spacial score (nSPS) is 12.0. The van der Waals surface area contributed by atoms with Crippen molar-refractivity contribution >= 4 is 50.8 Å². The molecule has 0 atom stereocenters. The first-order valence-electron chi connectivity index (χ1n) is 22.0. The number of furan rings is 1. The summed E-state index contributed by atoms with van der Waals surface area (Å²) < 4.78 is 10.4. The average Bonchev–Trinajstić information content (AvgIpc) is 3.83. The molecule has 0 unspecified atom stereocenters. The van der Waals surface area contributed by atoms with Crippen molar-refractivity contribution in [3.63, 3.8) is 0 Å². The van der Waals surface area contributed by atoms with Crippen molar-refractivity contribution in [3.8, 4) is 39.5 Å². The maximum Gasteiger partial charge on any atom is 0.216 e. The number of aromatic nitrogens is 4. The number of nitrogens with zero attached hydrogens (tertiary/aromatic N) is 4. The van der Waals surface area contributed by atoms with Gasteiger partial charge >= 0.3 is 126 Å². The molecule has 5 nitrogen and oxygen atoms in total. The molecule has 0 saturated heterocycles. The van der Waals surface area contributed by atoms with Crippen LogP contribution in [0.5, 0.6) is 0 Å². The van der Waals surface area contributed by atoms with Crippen molar-refractivity contribution in [2.45, 2.75) is 90.4 Å². The summed E-state index contributed by atoms with van der Waals surface area (Å²) in [5, 5.41) is 2.08. The molecule has 0 aliphatic carbocycles. The number of hydrogen-bond acceptors (Lipinski definition) is 4. The summed E-state index contributed by atoms with van der Waals surface area (Å²) in [6.45, 7) is 17.8. The zero-order chi connectivity index (χ0) is 43.9. The summed E-state index contributed by atoms with van der Waals surface area (Å²) >= 11 is -1.86. The van der Waals surface area contributed by atoms with Crippen molar-refractivity contribution in [2.75, 3.05) is 0 Å². The van der Waals surface area contributed by atoms with Crippen molar-refractivity contribution in [3.05, 3.63) is 162 Å². The molecule has 0 aliphatic heterocycles. The first kappa shape index (κ1) is 45.9. The Morgan fingerprint density at radius 3 is 2.21 bits per heavy atom. The van der Waals surface area contributed by atoms with Gasteiger partial charge in [-0.1, -0.05) is 101 Å². The summed E-state index contributed by atoms with van der Waals surface area (Å²) in [6, 6.07) is 49.2. The largest absolute Gasteiger partial charge is 0.486 e. The van der Waals surface area contributed by atoms with Gasteiger partial charge < -0.3 is 8.98 Å². The Labute approximate surface area is 390 Å². The molecule has 9 aromatic rings. The number of pyridine rings is 2. The van der Waals surface area contributed by atoms with Gasteiger partial charge in [-0.05, 0) is 58.9 Å². The molecule has 0 N–H and O–H groups in total. The summed E-state index contributed by atoms with van der Waals surface area (Å²) in [7, 11) is 0. The Kier molecular flexibility index (Phi) is 13.5. The van der Waals surface area contributed by atoms with Gasteiger partial charge in [-0.3, -0.25) is 4.98 Å². The number of para-hydroxylation sites is 2. The van der Waals surface area contributed by atoms with Crippen LogP contribution in [0.4, 0.5) is 0 Å². The Balaban J connectivity index is 0.000000239. The van der Waals surface area contributed by atoms with Crippen molar-refractivity contribution < 1.29 is 24.5 Å². The van der Waals surface area contributed by atoms with Gasteiger partial charge in [0, 0.05) is 42.4 Å². The molecular weight excluding hydrogens is 1010 g/mol. The molecule has 1 radical (unpaired) electrons. The first-order valence-corrected chi connectivity index (χ1v) is 29.3. The Bertz CT molecular complexity index is 3030. The summed E-state index contributed by atoms with van der Waals surface area (Å²) in [6.07, 6.45) is 3.27. The Morgan fingerprint density at radius 2 is 1.52 bits per heavy atom. The van der Waals surface area contributed by atoms with Crippen LogP contribution in [-0.2, 0) is 31.9 Å². The SMILES string of the molecule is CC(C)Cc1cc(-c2[c-]cccc2)nc[c]1[Ge]([CH3])([CH3])[CH3].Cc1c[c-]c(-c2nc3ccccc3n2-c2ccc(C(C)(C)C)cc2-c2ccccc2)c2oc3nc(C(C)C)ccc3c12.[Ir]. The maximum atomic E-state index is 6.58. The van der Waals surface area contributed by atoms with Gasteiger partial charge in [-0.15, -0.1) is 17.7 Å². The van der Waals surface area contributed by atoms with Crippen LogP contribution in [0.25, 0.3) is 72.6 Å². The molecule has 0 aliphatic rings. The van der Waals surface area contributed by atoms with Crippen molar-refractivity contribution in [1.82, 2.24) is 19.5 Å². The zero-order valence-corrected chi connectivity index (χ0v) is 43.0. The second-order valence-corrected chi connectivity index (χ2v) is 29.9. The smallest absolute Gasteiger partial charge is 0.216 e. The van der Waals surface area contributed by atoms with Gasteiger partial charge in [0.05, 0.1) is 22.4 Å². The van der Waals surface area contributed by atoms with E-state index in [1.54, 1.807) is 4.40 Å². The van der Waals surface area contributed by atoms with Crippen LogP contribution in [0, 0.1) is 25.0 Å². The predicted molar refractivity (Wildman–Crippen MR) is 263 cm³/mol. The van der Waals surface area contributed by atoms with Gasteiger partial charge in [-0.2, -0.15) is 0 Å². The predicted octanol–water partition coefficient (Wildman–Crippen LogP) is 14.5. The minimum atomic E-state index is -1.86. The summed E-state index contributed by atoms with van der Waals surface area (Å²) in [4.78, 5) is 14.8. The van der Waals surface area contributed by atoms with Gasteiger partial charge in [0.2, 0.25) is 5.71 Å². The molecule has 63 heavy (non-hydrogen) atoms. The molecule has 4 heterocycles. The Morgan fingerprint density at radius 1 is 0.794 bits per heavy atom. The fourth-order valence-corrected chi connectivity index (χ4v) is 11.7. The standard InChI is InChI=1S/C38H34N3O.C18H24GeN.Ir/c1-23(2)30-20-19-27-34-24(3)16-18-28(35(34)42-37(27)40-30)36-39-31-14-10-11-15-33(31)41(36)32-21-17-26(38(4,5)6)22-29(32)25-12-8-7-9-13-25;1-14(2)11-16-12-18(15-9-7-6-8-10-15)20-13-17(16)19(3,4)5;/h7-17,19-23H,1-6H3;6-9,12-14H,11H2,1-5H3;/q2*-1;. The minimum absolute atomic E-state index is 0. The van der Waals surface area contributed by atoms with Crippen molar-refractivity contribution in [1.29, 1.82) is 0 Å². The fourth-order valence-electron chi connectivity index (χ4n) is 8.33. The van der Waals surface area contributed by atoms with E-state index in [1.807, 2.05) is 30.3 Å². The molecule has 0 bridgehead atoms. The maximum absolute atomic E-state index is 6.58. The topological polar surface area (TPSA) is 56.7 Å². The Hall–Kier alpha value is -5.14. The number of hydrogen-bond donors (Lipinski definition) is 0. The molecule has 0 amide bonds. The number of rotatable bonds is 8. The van der Waals surface area contributed by atoms with Gasteiger partial charge in [0.25, 0.3) is 0 Å². The van der Waals surface area contributed by atoms with E-state index in [0.29, 0.717) is 17.5 Å². The van der Waals surface area contributed by atoms with E-state index in [-0.39, 0.29) is 25.5 Å². The van der Waals surface area contributed by atoms with Crippen LogP contribution in [0.15, 0.2) is 132 Å². The molecule has 5 aromatic carbocycles. The molecule has 323 valence electrons. The second kappa shape index (κ2) is 18.5. The summed E-state index contributed by atoms with van der Waals surface area (Å²) in [5.74, 6) is 9.10.